The largest absolute Gasteiger partial charge is 0.489 e. The van der Waals surface area contributed by atoms with Crippen LogP contribution in [0.4, 0.5) is 21.8 Å². The number of rotatable bonds is 12. The Labute approximate surface area is 405 Å². The lowest BCUT2D eigenvalue weighted by Gasteiger charge is -2.63. The zero-order valence-electron chi connectivity index (χ0n) is 39.8. The maximum atomic E-state index is 15.5. The van der Waals surface area contributed by atoms with Crippen LogP contribution in [0.5, 0.6) is 5.75 Å². The first-order valence-corrected chi connectivity index (χ1v) is 23.9. The minimum Gasteiger partial charge on any atom is -0.489 e. The van der Waals surface area contributed by atoms with Gasteiger partial charge in [-0.25, -0.2) is 14.4 Å². The molecule has 9 rings (SSSR count). The average Bonchev–Trinajstić information content (AvgIpc) is 3.95. The number of likely N-dealkylation sites (tertiary alicyclic amines) is 1. The zero-order chi connectivity index (χ0) is 48.8. The van der Waals surface area contributed by atoms with E-state index in [1.807, 2.05) is 28.9 Å². The third kappa shape index (κ3) is 9.58. The second-order valence-electron chi connectivity index (χ2n) is 19.8. The van der Waals surface area contributed by atoms with E-state index in [0.29, 0.717) is 116 Å². The first-order valence-electron chi connectivity index (χ1n) is 23.5. The van der Waals surface area contributed by atoms with Crippen LogP contribution >= 0.6 is 11.6 Å². The molecule has 0 spiro atoms. The zero-order valence-corrected chi connectivity index (χ0v) is 40.6. The number of hydrogen-bond acceptors (Lipinski definition) is 12. The molecule has 69 heavy (non-hydrogen) atoms. The van der Waals surface area contributed by atoms with Crippen LogP contribution in [0.1, 0.15) is 93.5 Å². The van der Waals surface area contributed by atoms with Gasteiger partial charge in [0.15, 0.2) is 5.82 Å². The molecule has 3 aliphatic heterocycles. The van der Waals surface area contributed by atoms with E-state index in [1.165, 1.54) is 6.07 Å². The summed E-state index contributed by atoms with van der Waals surface area (Å²) in [6.07, 6.45) is 9.74. The molecule has 19 heteroatoms. The number of fused-ring (bicyclic) bond motifs is 1. The number of carbonyl (C=O) groups excluding carboxylic acids is 3. The van der Waals surface area contributed by atoms with Gasteiger partial charge in [-0.3, -0.25) is 23.7 Å². The summed E-state index contributed by atoms with van der Waals surface area (Å²) in [4.78, 5) is 54.1. The first-order chi connectivity index (χ1) is 33.0. The maximum Gasteiger partial charge on any atom is 0.254 e. The van der Waals surface area contributed by atoms with Gasteiger partial charge >= 0.3 is 0 Å². The van der Waals surface area contributed by atoms with E-state index < -0.39 is 16.6 Å². The highest BCUT2D eigenvalue weighted by Crippen LogP contribution is 2.55. The summed E-state index contributed by atoms with van der Waals surface area (Å²) < 4.78 is 31.8. The number of nitriles is 1. The third-order valence-electron chi connectivity index (χ3n) is 14.5. The summed E-state index contributed by atoms with van der Waals surface area (Å²) in [6, 6.07) is 11.9. The van der Waals surface area contributed by atoms with Crippen LogP contribution in [0.2, 0.25) is 5.02 Å². The van der Waals surface area contributed by atoms with E-state index in [4.69, 9.17) is 26.2 Å². The third-order valence-corrected chi connectivity index (χ3v) is 14.8. The molecule has 3 amide bonds. The van der Waals surface area contributed by atoms with Gasteiger partial charge in [0.2, 0.25) is 17.8 Å². The molecule has 3 fully saturated rings. The van der Waals surface area contributed by atoms with Crippen LogP contribution < -0.4 is 20.3 Å². The molecule has 17 nitrogen and oxygen atoms in total. The van der Waals surface area contributed by atoms with E-state index >= 15 is 4.39 Å². The summed E-state index contributed by atoms with van der Waals surface area (Å²) in [7, 11) is 1.82. The van der Waals surface area contributed by atoms with E-state index in [2.05, 4.69) is 64.4 Å². The fraction of sp³-hybridized carbons (Fsp3) is 0.480. The molecule has 1 saturated carbocycles. The van der Waals surface area contributed by atoms with Crippen molar-refractivity contribution in [2.45, 2.75) is 97.6 Å². The van der Waals surface area contributed by atoms with Crippen LogP contribution in [0, 0.1) is 28.0 Å². The van der Waals surface area contributed by atoms with E-state index in [-0.39, 0.29) is 48.6 Å². The molecule has 0 bridgehead atoms. The molecule has 6 heterocycles. The van der Waals surface area contributed by atoms with Crippen molar-refractivity contribution in [1.82, 2.24) is 44.6 Å². The number of piperidine rings is 2. The number of aromatic nitrogens is 6. The van der Waals surface area contributed by atoms with Gasteiger partial charge in [0.1, 0.15) is 30.3 Å². The second-order valence-corrected chi connectivity index (χ2v) is 20.2. The maximum absolute atomic E-state index is 15.5. The molecule has 1 aliphatic carbocycles. The van der Waals surface area contributed by atoms with Crippen LogP contribution in [0.25, 0.3) is 11.1 Å². The number of nitrogens with zero attached hydrogens (tertiary/aromatic N) is 10. The Kier molecular flexibility index (Phi) is 13.1. The Hall–Kier alpha value is -6.58. The number of halogens is 2. The lowest BCUT2D eigenvalue weighted by atomic mass is 9.49. The smallest absolute Gasteiger partial charge is 0.254 e. The van der Waals surface area contributed by atoms with Crippen molar-refractivity contribution >= 4 is 46.8 Å². The molecular weight excluding hydrogens is 903 g/mol. The van der Waals surface area contributed by atoms with Gasteiger partial charge in [-0.1, -0.05) is 45.4 Å². The molecule has 3 aromatic heterocycles. The molecule has 362 valence electrons. The van der Waals surface area contributed by atoms with Crippen molar-refractivity contribution in [3.63, 3.8) is 0 Å². The molecule has 0 unspecified atom stereocenters. The Morgan fingerprint density at radius 3 is 2.29 bits per heavy atom. The van der Waals surface area contributed by atoms with Gasteiger partial charge in [0, 0.05) is 111 Å². The standard InChI is InChI=1S/C50H58ClFN12O5/c1-30(65)63-20-15-42-38(28-63)44(57-41-10-8-31(21-40(41)52)34-26-56-60(6)27-34)59-64(42)35-11-16-61(17-12-35)43(66)29-68-36-13-18-62(19-14-36)48-54-24-33(25-55-48)45(67)58-46-49(2,3)47(50(46,4)5)69-37-9-7-32(23-53)39(51)22-37/h7-10,21-22,24-27,35-36,46-47H,11-20,28-29H2,1-6H3,(H,57,59)(H,58,67). The van der Waals surface area contributed by atoms with Crippen molar-refractivity contribution in [3.8, 4) is 22.9 Å². The van der Waals surface area contributed by atoms with Gasteiger partial charge in [-0.2, -0.15) is 15.5 Å². The van der Waals surface area contributed by atoms with Crippen molar-refractivity contribution in [1.29, 1.82) is 5.26 Å². The van der Waals surface area contributed by atoms with Gasteiger partial charge in [0.25, 0.3) is 5.91 Å². The average molecular weight is 962 g/mol. The van der Waals surface area contributed by atoms with Gasteiger partial charge in [-0.15, -0.1) is 0 Å². The summed E-state index contributed by atoms with van der Waals surface area (Å²) in [5.74, 6) is 0.865. The monoisotopic (exact) mass is 960 g/mol. The number of anilines is 3. The van der Waals surface area contributed by atoms with E-state index in [9.17, 15) is 19.6 Å². The minimum absolute atomic E-state index is 0.00182. The van der Waals surface area contributed by atoms with Crippen molar-refractivity contribution in [3.05, 3.63) is 94.4 Å². The number of ether oxygens (including phenoxy) is 2. The van der Waals surface area contributed by atoms with E-state index in [1.54, 1.807) is 59.4 Å². The molecule has 2 N–H and O–H groups in total. The Morgan fingerprint density at radius 1 is 0.928 bits per heavy atom. The Balaban J connectivity index is 0.738. The Morgan fingerprint density at radius 2 is 1.65 bits per heavy atom. The molecule has 2 aromatic carbocycles. The quantitative estimate of drug-likeness (QED) is 0.133. The summed E-state index contributed by atoms with van der Waals surface area (Å²) in [5.41, 5.74) is 3.64. The SMILES string of the molecule is CC(=O)N1CCc2c(c(Nc3ccc(-c4cnn(C)c4)cc3F)nn2C2CCN(C(=O)COC3CCN(c4ncc(C(=O)NC5C(C)(C)C(Oc6ccc(C#N)c(Cl)c6)C5(C)C)cn4)CC3)CC2)C1. The van der Waals surface area contributed by atoms with Crippen LogP contribution in [0.15, 0.2) is 61.2 Å². The first kappa shape index (κ1) is 47.5. The van der Waals surface area contributed by atoms with Crippen LogP contribution in [0.3, 0.4) is 0 Å². The second kappa shape index (κ2) is 19.1. The number of nitrogens with one attached hydrogen (secondary N) is 2. The number of benzene rings is 2. The minimum atomic E-state index is -0.421. The van der Waals surface area contributed by atoms with Crippen LogP contribution in [-0.2, 0) is 34.3 Å². The van der Waals surface area contributed by atoms with Crippen LogP contribution in [-0.4, -0.2) is 115 Å². The van der Waals surface area contributed by atoms with Crippen molar-refractivity contribution < 1.29 is 28.2 Å². The fourth-order valence-corrected chi connectivity index (χ4v) is 11.1. The van der Waals surface area contributed by atoms with Gasteiger partial charge in [-0.05, 0) is 55.5 Å². The molecule has 5 aromatic rings. The number of amides is 3. The molecule has 0 radical (unpaired) electrons. The highest BCUT2D eigenvalue weighted by atomic mass is 35.5. The summed E-state index contributed by atoms with van der Waals surface area (Å²) in [5, 5.41) is 25.2. The molecule has 2 saturated heterocycles. The highest BCUT2D eigenvalue weighted by Gasteiger charge is 2.64. The predicted octanol–water partition coefficient (Wildman–Crippen LogP) is 6.85. The van der Waals surface area contributed by atoms with E-state index in [0.717, 1.165) is 16.8 Å². The molecular formula is C50H58ClFN12O5. The van der Waals surface area contributed by atoms with Crippen molar-refractivity contribution in [2.75, 3.05) is 49.5 Å². The Bertz CT molecular complexity index is 2770. The van der Waals surface area contributed by atoms with Crippen molar-refractivity contribution in [2.24, 2.45) is 17.9 Å². The van der Waals surface area contributed by atoms with Gasteiger partial charge < -0.3 is 34.8 Å². The molecule has 4 aliphatic rings. The summed E-state index contributed by atoms with van der Waals surface area (Å²) >= 11 is 6.25. The predicted molar refractivity (Wildman–Crippen MR) is 256 cm³/mol. The fourth-order valence-electron chi connectivity index (χ4n) is 10.9. The number of carbonyl (C=O) groups is 3. The normalized spacial score (nSPS) is 20.1. The van der Waals surface area contributed by atoms with Gasteiger partial charge in [0.05, 0.1) is 46.7 Å². The molecule has 0 atom stereocenters. The lowest BCUT2D eigenvalue weighted by molar-refractivity contribution is -0.164. The topological polar surface area (TPSA) is 189 Å². The lowest BCUT2D eigenvalue weighted by Crippen LogP contribution is -2.74. The highest BCUT2D eigenvalue weighted by molar-refractivity contribution is 6.31. The summed E-state index contributed by atoms with van der Waals surface area (Å²) in [6.45, 7) is 13.1. The number of hydrogen-bond donors (Lipinski definition) is 2. The number of aryl methyl sites for hydroxylation is 1.